The Morgan fingerprint density at radius 3 is 2.76 bits per heavy atom. The van der Waals surface area contributed by atoms with Gasteiger partial charge in [-0.1, -0.05) is 6.07 Å². The van der Waals surface area contributed by atoms with Crippen molar-refractivity contribution in [3.8, 4) is 5.75 Å². The molecule has 0 aliphatic rings. The fraction of sp³-hybridized carbons (Fsp3) is 0.231. The predicted octanol–water partition coefficient (Wildman–Crippen LogP) is 2.57. The number of nitrogens with two attached hydrogens (primary N) is 1. The molecule has 0 fully saturated rings. The minimum Gasteiger partial charge on any atom is -0.492 e. The van der Waals surface area contributed by atoms with E-state index in [9.17, 15) is 13.2 Å². The van der Waals surface area contributed by atoms with E-state index in [2.05, 4.69) is 15.3 Å². The van der Waals surface area contributed by atoms with E-state index in [1.807, 2.05) is 0 Å². The van der Waals surface area contributed by atoms with Gasteiger partial charge in [-0.25, -0.2) is 9.97 Å². The molecule has 0 atom stereocenters. The van der Waals surface area contributed by atoms with Gasteiger partial charge in [0.25, 0.3) is 0 Å². The van der Waals surface area contributed by atoms with Crippen molar-refractivity contribution in [1.82, 2.24) is 9.97 Å². The molecule has 0 saturated carbocycles. The summed E-state index contributed by atoms with van der Waals surface area (Å²) in [5.41, 5.74) is 5.17. The molecular weight excluding hydrogens is 285 g/mol. The molecule has 0 radical (unpaired) electrons. The van der Waals surface area contributed by atoms with Crippen LogP contribution in [0.5, 0.6) is 5.75 Å². The maximum Gasteiger partial charge on any atom is 0.433 e. The Labute approximate surface area is 119 Å². The van der Waals surface area contributed by atoms with Crippen molar-refractivity contribution in [1.29, 1.82) is 0 Å². The molecule has 3 N–H and O–H groups in total. The van der Waals surface area contributed by atoms with Crippen LogP contribution in [0.3, 0.4) is 0 Å². The number of ether oxygens (including phenoxy) is 1. The first-order valence-corrected chi connectivity index (χ1v) is 6.07. The maximum atomic E-state index is 12.5. The van der Waals surface area contributed by atoms with Crippen LogP contribution in [-0.4, -0.2) is 23.1 Å². The second kappa shape index (κ2) is 6.29. The average Bonchev–Trinajstić information content (AvgIpc) is 2.43. The van der Waals surface area contributed by atoms with Crippen molar-refractivity contribution in [3.63, 3.8) is 0 Å². The van der Waals surface area contributed by atoms with Crippen LogP contribution >= 0.6 is 0 Å². The summed E-state index contributed by atoms with van der Waals surface area (Å²) in [5, 5.41) is 2.66. The summed E-state index contributed by atoms with van der Waals surface area (Å²) in [6.07, 6.45) is -3.44. The number of anilines is 2. The number of halogens is 3. The Balaban J connectivity index is 1.84. The van der Waals surface area contributed by atoms with E-state index in [0.29, 0.717) is 11.4 Å². The van der Waals surface area contributed by atoms with Gasteiger partial charge in [0.15, 0.2) is 0 Å². The molecule has 0 amide bonds. The quantitative estimate of drug-likeness (QED) is 0.655. The zero-order valence-corrected chi connectivity index (χ0v) is 10.9. The normalized spacial score (nSPS) is 11.2. The smallest absolute Gasteiger partial charge is 0.433 e. The third kappa shape index (κ3) is 4.51. The molecule has 2 rings (SSSR count). The number of aromatic nitrogens is 2. The molecule has 5 nitrogen and oxygen atoms in total. The first-order chi connectivity index (χ1) is 9.95. The van der Waals surface area contributed by atoms with E-state index < -0.39 is 11.9 Å². The molecule has 0 aliphatic heterocycles. The van der Waals surface area contributed by atoms with Crippen LogP contribution in [0.2, 0.25) is 0 Å². The summed E-state index contributed by atoms with van der Waals surface area (Å²) < 4.78 is 42.8. The van der Waals surface area contributed by atoms with Gasteiger partial charge in [-0.05, 0) is 18.2 Å². The van der Waals surface area contributed by atoms with Crippen LogP contribution in [0.4, 0.5) is 24.8 Å². The van der Waals surface area contributed by atoms with E-state index >= 15 is 0 Å². The molecule has 0 bridgehead atoms. The molecule has 2 aromatic rings. The Bertz CT molecular complexity index is 604. The molecule has 1 aromatic carbocycles. The Hall–Kier alpha value is -2.51. The monoisotopic (exact) mass is 298 g/mol. The van der Waals surface area contributed by atoms with Gasteiger partial charge < -0.3 is 15.8 Å². The molecule has 21 heavy (non-hydrogen) atoms. The zero-order valence-electron chi connectivity index (χ0n) is 10.9. The number of nitrogen functional groups attached to an aromatic ring is 1. The van der Waals surface area contributed by atoms with Gasteiger partial charge >= 0.3 is 6.18 Å². The number of nitrogens with zero attached hydrogens (tertiary/aromatic N) is 2. The van der Waals surface area contributed by atoms with Gasteiger partial charge in [0.05, 0.1) is 6.54 Å². The zero-order chi connectivity index (χ0) is 15.3. The fourth-order valence-electron chi connectivity index (χ4n) is 1.54. The van der Waals surface area contributed by atoms with Gasteiger partial charge in [0.1, 0.15) is 18.1 Å². The lowest BCUT2D eigenvalue weighted by Crippen LogP contribution is -2.15. The second-order valence-corrected chi connectivity index (χ2v) is 4.11. The first-order valence-electron chi connectivity index (χ1n) is 6.07. The topological polar surface area (TPSA) is 73.1 Å². The largest absolute Gasteiger partial charge is 0.492 e. The van der Waals surface area contributed by atoms with Crippen molar-refractivity contribution >= 4 is 11.6 Å². The average molecular weight is 298 g/mol. The van der Waals surface area contributed by atoms with Crippen LogP contribution in [0.25, 0.3) is 0 Å². The van der Waals surface area contributed by atoms with E-state index in [1.165, 1.54) is 0 Å². The van der Waals surface area contributed by atoms with E-state index in [-0.39, 0.29) is 19.1 Å². The summed E-state index contributed by atoms with van der Waals surface area (Å²) in [6, 6.07) is 7.67. The highest BCUT2D eigenvalue weighted by atomic mass is 19.4. The number of hydrogen-bond acceptors (Lipinski definition) is 5. The van der Waals surface area contributed by atoms with Crippen molar-refractivity contribution in [2.24, 2.45) is 0 Å². The van der Waals surface area contributed by atoms with E-state index in [0.717, 1.165) is 12.3 Å². The van der Waals surface area contributed by atoms with Crippen molar-refractivity contribution in [2.75, 3.05) is 24.2 Å². The van der Waals surface area contributed by atoms with Gasteiger partial charge in [-0.3, -0.25) is 0 Å². The summed E-state index contributed by atoms with van der Waals surface area (Å²) in [4.78, 5) is 7.09. The predicted molar refractivity (Wildman–Crippen MR) is 71.9 cm³/mol. The van der Waals surface area contributed by atoms with E-state index in [4.69, 9.17) is 10.5 Å². The van der Waals surface area contributed by atoms with Gasteiger partial charge in [0.2, 0.25) is 5.95 Å². The number of rotatable bonds is 5. The number of benzene rings is 1. The van der Waals surface area contributed by atoms with Gasteiger partial charge in [-0.2, -0.15) is 13.2 Å². The molecule has 8 heteroatoms. The molecule has 0 saturated heterocycles. The molecular formula is C13H13F3N4O. The molecule has 0 unspecified atom stereocenters. The van der Waals surface area contributed by atoms with Gasteiger partial charge in [0, 0.05) is 18.0 Å². The summed E-state index contributed by atoms with van der Waals surface area (Å²) in [6.45, 7) is 0.499. The maximum absolute atomic E-state index is 12.5. The highest BCUT2D eigenvalue weighted by Crippen LogP contribution is 2.27. The molecule has 1 heterocycles. The Morgan fingerprint density at radius 2 is 2.05 bits per heavy atom. The molecule has 1 aromatic heterocycles. The van der Waals surface area contributed by atoms with Gasteiger partial charge in [-0.15, -0.1) is 0 Å². The SMILES string of the molecule is Nc1cccc(OCCNc2nccc(C(F)(F)F)n2)c1. The molecule has 0 spiro atoms. The highest BCUT2D eigenvalue weighted by Gasteiger charge is 2.32. The lowest BCUT2D eigenvalue weighted by atomic mass is 10.3. The number of nitrogens with one attached hydrogen (secondary N) is 1. The highest BCUT2D eigenvalue weighted by molar-refractivity contribution is 5.43. The fourth-order valence-corrected chi connectivity index (χ4v) is 1.54. The van der Waals surface area contributed by atoms with Crippen LogP contribution in [0.15, 0.2) is 36.5 Å². The Kier molecular flexibility index (Phi) is 4.46. The second-order valence-electron chi connectivity index (χ2n) is 4.11. The summed E-state index contributed by atoms with van der Waals surface area (Å²) >= 11 is 0. The third-order valence-corrected chi connectivity index (χ3v) is 2.46. The number of hydrogen-bond donors (Lipinski definition) is 2. The van der Waals surface area contributed by atoms with Crippen molar-refractivity contribution < 1.29 is 17.9 Å². The van der Waals surface area contributed by atoms with Crippen LogP contribution in [0, 0.1) is 0 Å². The van der Waals surface area contributed by atoms with Crippen LogP contribution < -0.4 is 15.8 Å². The minimum atomic E-state index is -4.49. The number of alkyl halides is 3. The lowest BCUT2D eigenvalue weighted by molar-refractivity contribution is -0.141. The standard InChI is InChI=1S/C13H13F3N4O/c14-13(15,16)11-4-5-18-12(20-11)19-6-7-21-10-3-1-2-9(17)8-10/h1-5,8H,6-7,17H2,(H,18,19,20). The van der Waals surface area contributed by atoms with Crippen molar-refractivity contribution in [2.45, 2.75) is 6.18 Å². The van der Waals surface area contributed by atoms with Crippen LogP contribution in [-0.2, 0) is 6.18 Å². The Morgan fingerprint density at radius 1 is 1.24 bits per heavy atom. The third-order valence-electron chi connectivity index (χ3n) is 2.46. The van der Waals surface area contributed by atoms with Crippen molar-refractivity contribution in [3.05, 3.63) is 42.2 Å². The van der Waals surface area contributed by atoms with Crippen LogP contribution in [0.1, 0.15) is 5.69 Å². The molecule has 112 valence electrons. The lowest BCUT2D eigenvalue weighted by Gasteiger charge is -2.09. The van der Waals surface area contributed by atoms with E-state index in [1.54, 1.807) is 24.3 Å². The molecule has 0 aliphatic carbocycles. The summed E-state index contributed by atoms with van der Waals surface area (Å²) in [7, 11) is 0. The minimum absolute atomic E-state index is 0.0963. The first kappa shape index (κ1) is 14.9. The summed E-state index contributed by atoms with van der Waals surface area (Å²) in [5.74, 6) is 0.489.